The van der Waals surface area contributed by atoms with Gasteiger partial charge in [-0.2, -0.15) is 0 Å². The van der Waals surface area contributed by atoms with E-state index in [2.05, 4.69) is 11.2 Å². The van der Waals surface area contributed by atoms with Gasteiger partial charge in [0.15, 0.2) is 0 Å². The van der Waals surface area contributed by atoms with E-state index in [0.717, 1.165) is 6.42 Å². The average molecular weight is 210 g/mol. The van der Waals surface area contributed by atoms with Crippen molar-refractivity contribution >= 4 is 11.9 Å². The van der Waals surface area contributed by atoms with Crippen molar-refractivity contribution in [1.82, 2.24) is 10.2 Å². The molecule has 1 saturated heterocycles. The molecule has 0 bridgehead atoms. The van der Waals surface area contributed by atoms with Gasteiger partial charge in [0.05, 0.1) is 13.1 Å². The Morgan fingerprint density at radius 1 is 1.73 bits per heavy atom. The van der Waals surface area contributed by atoms with Gasteiger partial charge in [-0.25, -0.2) is 0 Å². The third-order valence-corrected chi connectivity index (χ3v) is 2.24. The molecule has 1 heterocycles. The summed E-state index contributed by atoms with van der Waals surface area (Å²) in [6.45, 7) is 0.706. The van der Waals surface area contributed by atoms with E-state index in [9.17, 15) is 9.59 Å². The van der Waals surface area contributed by atoms with Crippen molar-refractivity contribution in [3.63, 3.8) is 0 Å². The van der Waals surface area contributed by atoms with E-state index >= 15 is 0 Å². The van der Waals surface area contributed by atoms with Crippen molar-refractivity contribution in [2.24, 2.45) is 0 Å². The summed E-state index contributed by atoms with van der Waals surface area (Å²) >= 11 is 0. The maximum Gasteiger partial charge on any atom is 0.317 e. The Bertz CT molecular complexity index is 296. The number of hydrogen-bond acceptors (Lipinski definition) is 3. The zero-order valence-corrected chi connectivity index (χ0v) is 8.40. The van der Waals surface area contributed by atoms with Crippen molar-refractivity contribution in [1.29, 1.82) is 0 Å². The lowest BCUT2D eigenvalue weighted by Gasteiger charge is -2.21. The van der Waals surface area contributed by atoms with Gasteiger partial charge in [0, 0.05) is 19.0 Å². The van der Waals surface area contributed by atoms with Crippen LogP contribution in [-0.2, 0) is 9.59 Å². The van der Waals surface area contributed by atoms with Crippen LogP contribution in [0.4, 0.5) is 0 Å². The number of amides is 1. The quantitative estimate of drug-likeness (QED) is 0.588. The molecule has 0 aromatic heterocycles. The summed E-state index contributed by atoms with van der Waals surface area (Å²) in [5.74, 6) is 1.52. The molecule has 1 fully saturated rings. The van der Waals surface area contributed by atoms with Crippen LogP contribution in [-0.4, -0.2) is 47.6 Å². The molecule has 0 spiro atoms. The minimum Gasteiger partial charge on any atom is -0.480 e. The first-order valence-corrected chi connectivity index (χ1v) is 4.79. The number of carbonyl (C=O) groups excluding carboxylic acids is 1. The molecular weight excluding hydrogens is 196 g/mol. The highest BCUT2D eigenvalue weighted by molar-refractivity contribution is 5.78. The predicted octanol–water partition coefficient (Wildman–Crippen LogP) is -0.715. The highest BCUT2D eigenvalue weighted by Gasteiger charge is 2.23. The van der Waals surface area contributed by atoms with E-state index in [1.807, 2.05) is 0 Å². The van der Waals surface area contributed by atoms with Gasteiger partial charge in [0.1, 0.15) is 0 Å². The van der Waals surface area contributed by atoms with Gasteiger partial charge in [-0.05, 0) is 6.42 Å². The first kappa shape index (κ1) is 11.5. The van der Waals surface area contributed by atoms with Crippen LogP contribution >= 0.6 is 0 Å². The van der Waals surface area contributed by atoms with Crippen molar-refractivity contribution in [2.45, 2.75) is 18.9 Å². The summed E-state index contributed by atoms with van der Waals surface area (Å²) in [5, 5.41) is 11.4. The number of carboxylic acids is 1. The molecule has 1 rings (SSSR count). The Kier molecular flexibility index (Phi) is 4.13. The molecule has 2 N–H and O–H groups in total. The second-order valence-electron chi connectivity index (χ2n) is 3.57. The molecule has 15 heavy (non-hydrogen) atoms. The SMILES string of the molecule is C#CCN(CC(=O)O)CC1CCC(=O)N1. The highest BCUT2D eigenvalue weighted by Crippen LogP contribution is 2.07. The standard InChI is InChI=1S/C10H14N2O3/c1-2-5-12(7-10(14)15)6-8-3-4-9(13)11-8/h1,8H,3-7H2,(H,11,13)(H,14,15). The molecule has 5 nitrogen and oxygen atoms in total. The zero-order valence-electron chi connectivity index (χ0n) is 8.40. The first-order chi connectivity index (χ1) is 7.11. The number of nitrogens with zero attached hydrogens (tertiary/aromatic N) is 1. The van der Waals surface area contributed by atoms with E-state index in [4.69, 9.17) is 11.5 Å². The molecule has 82 valence electrons. The predicted molar refractivity (Wildman–Crippen MR) is 54.1 cm³/mol. The van der Waals surface area contributed by atoms with Gasteiger partial charge >= 0.3 is 5.97 Å². The molecule has 0 aromatic rings. The molecule has 1 unspecified atom stereocenters. The number of aliphatic carboxylic acids is 1. The number of rotatable bonds is 5. The van der Waals surface area contributed by atoms with E-state index in [1.54, 1.807) is 4.90 Å². The zero-order chi connectivity index (χ0) is 11.3. The molecule has 1 amide bonds. The van der Waals surface area contributed by atoms with Crippen LogP contribution in [0.5, 0.6) is 0 Å². The van der Waals surface area contributed by atoms with Gasteiger partial charge in [-0.3, -0.25) is 14.5 Å². The Balaban J connectivity index is 2.40. The van der Waals surface area contributed by atoms with Gasteiger partial charge < -0.3 is 10.4 Å². The largest absolute Gasteiger partial charge is 0.480 e. The van der Waals surface area contributed by atoms with Gasteiger partial charge in [0.2, 0.25) is 5.91 Å². The molecule has 0 saturated carbocycles. The topological polar surface area (TPSA) is 69.6 Å². The maximum absolute atomic E-state index is 10.9. The van der Waals surface area contributed by atoms with Crippen molar-refractivity contribution in [3.05, 3.63) is 0 Å². The van der Waals surface area contributed by atoms with Crippen LogP contribution in [0, 0.1) is 12.3 Å². The molecule has 0 radical (unpaired) electrons. The molecule has 0 aromatic carbocycles. The Labute approximate surface area is 88.4 Å². The Hall–Kier alpha value is -1.54. The minimum absolute atomic E-state index is 0.0241. The summed E-state index contributed by atoms with van der Waals surface area (Å²) in [4.78, 5) is 23.1. The van der Waals surface area contributed by atoms with Crippen LogP contribution < -0.4 is 5.32 Å². The van der Waals surface area contributed by atoms with Gasteiger partial charge in [-0.15, -0.1) is 6.42 Å². The number of terminal acetylenes is 1. The molecule has 1 atom stereocenters. The third kappa shape index (κ3) is 4.00. The van der Waals surface area contributed by atoms with Crippen molar-refractivity contribution in [2.75, 3.05) is 19.6 Å². The van der Waals surface area contributed by atoms with Crippen LogP contribution in [0.25, 0.3) is 0 Å². The van der Waals surface area contributed by atoms with Crippen LogP contribution in [0.2, 0.25) is 0 Å². The lowest BCUT2D eigenvalue weighted by molar-refractivity contribution is -0.138. The molecule has 0 aliphatic carbocycles. The summed E-state index contributed by atoms with van der Waals surface area (Å²) in [6.07, 6.45) is 6.40. The summed E-state index contributed by atoms with van der Waals surface area (Å²) in [5.41, 5.74) is 0. The molecule has 1 aliphatic rings. The van der Waals surface area contributed by atoms with Gasteiger partial charge in [0.25, 0.3) is 0 Å². The smallest absolute Gasteiger partial charge is 0.317 e. The Morgan fingerprint density at radius 2 is 2.47 bits per heavy atom. The second kappa shape index (κ2) is 5.37. The maximum atomic E-state index is 10.9. The van der Waals surface area contributed by atoms with Crippen LogP contribution in [0.15, 0.2) is 0 Å². The normalized spacial score (nSPS) is 20.0. The van der Waals surface area contributed by atoms with E-state index in [-0.39, 0.29) is 18.5 Å². The van der Waals surface area contributed by atoms with Crippen molar-refractivity contribution in [3.8, 4) is 12.3 Å². The summed E-state index contributed by atoms with van der Waals surface area (Å²) < 4.78 is 0. The lowest BCUT2D eigenvalue weighted by Crippen LogP contribution is -2.41. The van der Waals surface area contributed by atoms with Crippen molar-refractivity contribution < 1.29 is 14.7 Å². The fourth-order valence-electron chi connectivity index (χ4n) is 1.63. The number of hydrogen-bond donors (Lipinski definition) is 2. The van der Waals surface area contributed by atoms with Gasteiger partial charge in [-0.1, -0.05) is 5.92 Å². The lowest BCUT2D eigenvalue weighted by atomic mass is 10.2. The average Bonchev–Trinajstić information content (AvgIpc) is 2.50. The van der Waals surface area contributed by atoms with E-state index < -0.39 is 5.97 Å². The molecule has 5 heteroatoms. The van der Waals surface area contributed by atoms with Crippen LogP contribution in [0.3, 0.4) is 0 Å². The van der Waals surface area contributed by atoms with E-state index in [0.29, 0.717) is 19.5 Å². The van der Waals surface area contributed by atoms with E-state index in [1.165, 1.54) is 0 Å². The molecule has 1 aliphatic heterocycles. The number of carboxylic acid groups (broad SMARTS) is 1. The fraction of sp³-hybridized carbons (Fsp3) is 0.600. The summed E-state index contributed by atoms with van der Waals surface area (Å²) in [6, 6.07) is 0.0326. The van der Waals surface area contributed by atoms with Crippen LogP contribution in [0.1, 0.15) is 12.8 Å². The second-order valence-corrected chi connectivity index (χ2v) is 3.57. The minimum atomic E-state index is -0.908. The number of nitrogens with one attached hydrogen (secondary N) is 1. The summed E-state index contributed by atoms with van der Waals surface area (Å²) in [7, 11) is 0. The number of carbonyl (C=O) groups is 2. The fourth-order valence-corrected chi connectivity index (χ4v) is 1.63. The highest BCUT2D eigenvalue weighted by atomic mass is 16.4. The Morgan fingerprint density at radius 3 is 2.93 bits per heavy atom. The third-order valence-electron chi connectivity index (χ3n) is 2.24. The first-order valence-electron chi connectivity index (χ1n) is 4.79. The molecular formula is C10H14N2O3. The monoisotopic (exact) mass is 210 g/mol.